The summed E-state index contributed by atoms with van der Waals surface area (Å²) < 4.78 is 12.0. The number of carbonyl (C=O) groups is 1. The molecule has 3 aromatic carbocycles. The van der Waals surface area contributed by atoms with Crippen LogP contribution in [0, 0.1) is 6.92 Å². The second-order valence-electron chi connectivity index (χ2n) is 6.89. The van der Waals surface area contributed by atoms with Crippen LogP contribution >= 0.6 is 11.3 Å². The van der Waals surface area contributed by atoms with Gasteiger partial charge in [0.2, 0.25) is 0 Å². The Bertz CT molecular complexity index is 1450. The first-order valence-corrected chi connectivity index (χ1v) is 10.1. The number of nitrogens with zero attached hydrogens (tertiary/aromatic N) is 1. The molecule has 0 fully saturated rings. The molecule has 0 bridgehead atoms. The third kappa shape index (κ3) is 3.38. The van der Waals surface area contributed by atoms with Gasteiger partial charge in [0.1, 0.15) is 16.3 Å². The Morgan fingerprint density at radius 3 is 2.70 bits per heavy atom. The molecule has 0 amide bonds. The van der Waals surface area contributed by atoms with Crippen molar-refractivity contribution in [3.05, 3.63) is 94.3 Å². The molecule has 0 aliphatic rings. The van der Waals surface area contributed by atoms with E-state index in [4.69, 9.17) is 9.15 Å². The normalized spacial score (nSPS) is 11.1. The first kappa shape index (κ1) is 18.3. The average molecular weight is 413 g/mol. The van der Waals surface area contributed by atoms with E-state index in [0.717, 1.165) is 21.2 Å². The molecule has 5 aromatic rings. The monoisotopic (exact) mass is 413 g/mol. The second kappa shape index (κ2) is 7.24. The number of ether oxygens (including phenoxy) is 1. The molecule has 2 heterocycles. The van der Waals surface area contributed by atoms with E-state index in [1.54, 1.807) is 42.5 Å². The summed E-state index contributed by atoms with van der Waals surface area (Å²) >= 11 is 1.44. The minimum atomic E-state index is -0.483. The molecule has 5 nitrogen and oxygen atoms in total. The fourth-order valence-corrected chi connectivity index (χ4v) is 4.20. The Morgan fingerprint density at radius 1 is 1.00 bits per heavy atom. The van der Waals surface area contributed by atoms with Crippen LogP contribution in [0.25, 0.3) is 31.8 Å². The SMILES string of the molecule is Cc1cccc(C(=O)Oc2ccc3cc(-c4nc5ccccc5s4)c(=O)oc3c2)c1. The zero-order valence-corrected chi connectivity index (χ0v) is 16.7. The maximum absolute atomic E-state index is 12.6. The largest absolute Gasteiger partial charge is 0.423 e. The molecule has 0 aliphatic heterocycles. The molecule has 146 valence electrons. The number of aryl methyl sites for hydroxylation is 1. The molecule has 0 atom stereocenters. The van der Waals surface area contributed by atoms with Gasteiger partial charge >= 0.3 is 11.6 Å². The smallest absolute Gasteiger partial charge is 0.346 e. The van der Waals surface area contributed by atoms with E-state index < -0.39 is 11.6 Å². The Morgan fingerprint density at radius 2 is 1.87 bits per heavy atom. The van der Waals surface area contributed by atoms with E-state index in [2.05, 4.69) is 4.98 Å². The third-order valence-electron chi connectivity index (χ3n) is 4.70. The zero-order valence-electron chi connectivity index (χ0n) is 15.9. The molecule has 6 heteroatoms. The van der Waals surface area contributed by atoms with Crippen LogP contribution in [0.3, 0.4) is 0 Å². The van der Waals surface area contributed by atoms with Crippen molar-refractivity contribution in [1.82, 2.24) is 4.98 Å². The number of hydrogen-bond donors (Lipinski definition) is 0. The van der Waals surface area contributed by atoms with E-state index in [1.165, 1.54) is 11.3 Å². The van der Waals surface area contributed by atoms with Gasteiger partial charge in [0.25, 0.3) is 0 Å². The zero-order chi connectivity index (χ0) is 20.7. The van der Waals surface area contributed by atoms with E-state index in [-0.39, 0.29) is 0 Å². The maximum Gasteiger partial charge on any atom is 0.346 e. The lowest BCUT2D eigenvalue weighted by Crippen LogP contribution is -2.08. The fraction of sp³-hybridized carbons (Fsp3) is 0.0417. The first-order chi connectivity index (χ1) is 14.6. The first-order valence-electron chi connectivity index (χ1n) is 9.29. The number of hydrogen-bond acceptors (Lipinski definition) is 6. The Balaban J connectivity index is 1.49. The molecular formula is C24H15NO4S. The van der Waals surface area contributed by atoms with Gasteiger partial charge in [0.15, 0.2) is 0 Å². The number of aromatic nitrogens is 1. The number of thiazole rings is 1. The summed E-state index contributed by atoms with van der Waals surface area (Å²) in [6.45, 7) is 1.91. The number of carbonyl (C=O) groups excluding carboxylic acids is 1. The van der Waals surface area contributed by atoms with Crippen molar-refractivity contribution in [1.29, 1.82) is 0 Å². The summed E-state index contributed by atoms with van der Waals surface area (Å²) in [6, 6.07) is 21.6. The van der Waals surface area contributed by atoms with Crippen LogP contribution in [0.1, 0.15) is 15.9 Å². The van der Waals surface area contributed by atoms with Gasteiger partial charge in [-0.25, -0.2) is 14.6 Å². The number of rotatable bonds is 3. The van der Waals surface area contributed by atoms with Crippen molar-refractivity contribution in [2.45, 2.75) is 6.92 Å². The van der Waals surface area contributed by atoms with Crippen molar-refractivity contribution >= 4 is 38.5 Å². The summed E-state index contributed by atoms with van der Waals surface area (Å²) in [5.41, 5.74) is 2.55. The van der Waals surface area contributed by atoms with Crippen LogP contribution in [-0.4, -0.2) is 11.0 Å². The predicted molar refractivity (Wildman–Crippen MR) is 117 cm³/mol. The molecule has 0 N–H and O–H groups in total. The third-order valence-corrected chi connectivity index (χ3v) is 5.77. The number of fused-ring (bicyclic) bond motifs is 2. The van der Waals surface area contributed by atoms with Crippen LogP contribution in [0.4, 0.5) is 0 Å². The Labute approximate surface area is 175 Å². The number of esters is 1. The van der Waals surface area contributed by atoms with E-state index >= 15 is 0 Å². The quantitative estimate of drug-likeness (QED) is 0.219. The molecule has 0 spiro atoms. The molecule has 0 unspecified atom stereocenters. The molecule has 0 saturated heterocycles. The molecule has 2 aromatic heterocycles. The summed E-state index contributed by atoms with van der Waals surface area (Å²) in [7, 11) is 0. The van der Waals surface area contributed by atoms with E-state index in [9.17, 15) is 9.59 Å². The summed E-state index contributed by atoms with van der Waals surface area (Å²) in [4.78, 5) is 29.5. The van der Waals surface area contributed by atoms with Gasteiger partial charge < -0.3 is 9.15 Å². The van der Waals surface area contributed by atoms with Gasteiger partial charge in [-0.15, -0.1) is 11.3 Å². The molecular weight excluding hydrogens is 398 g/mol. The van der Waals surface area contributed by atoms with Gasteiger partial charge in [-0.3, -0.25) is 0 Å². The Hall–Kier alpha value is -3.77. The lowest BCUT2D eigenvalue weighted by molar-refractivity contribution is 0.0735. The highest BCUT2D eigenvalue weighted by molar-refractivity contribution is 7.21. The molecule has 30 heavy (non-hydrogen) atoms. The van der Waals surface area contributed by atoms with Crippen LogP contribution < -0.4 is 10.4 Å². The topological polar surface area (TPSA) is 69.4 Å². The number of benzene rings is 3. The van der Waals surface area contributed by atoms with Gasteiger partial charge in [-0.2, -0.15) is 0 Å². The van der Waals surface area contributed by atoms with Crippen molar-refractivity contribution in [2.75, 3.05) is 0 Å². The lowest BCUT2D eigenvalue weighted by Gasteiger charge is -2.06. The molecule has 5 rings (SSSR count). The van der Waals surface area contributed by atoms with Crippen LogP contribution in [0.15, 0.2) is 82.0 Å². The van der Waals surface area contributed by atoms with E-state index in [0.29, 0.717) is 27.5 Å². The average Bonchev–Trinajstić information content (AvgIpc) is 3.17. The van der Waals surface area contributed by atoms with Crippen LogP contribution in [0.2, 0.25) is 0 Å². The van der Waals surface area contributed by atoms with Crippen molar-refractivity contribution in [3.63, 3.8) is 0 Å². The second-order valence-corrected chi connectivity index (χ2v) is 7.92. The lowest BCUT2D eigenvalue weighted by atomic mass is 10.1. The van der Waals surface area contributed by atoms with E-state index in [1.807, 2.05) is 37.3 Å². The van der Waals surface area contributed by atoms with Crippen LogP contribution in [0.5, 0.6) is 5.75 Å². The highest BCUT2D eigenvalue weighted by Crippen LogP contribution is 2.30. The maximum atomic E-state index is 12.6. The standard InChI is InChI=1S/C24H15NO4S/c1-14-5-4-6-16(11-14)23(26)28-17-10-9-15-12-18(24(27)29-20(15)13-17)22-25-19-7-2-3-8-21(19)30-22/h2-13H,1H3. The van der Waals surface area contributed by atoms with Gasteiger partial charge in [-0.1, -0.05) is 29.8 Å². The van der Waals surface area contributed by atoms with Crippen LogP contribution in [-0.2, 0) is 0 Å². The van der Waals surface area contributed by atoms with Crippen molar-refractivity contribution in [2.24, 2.45) is 0 Å². The summed E-state index contributed by atoms with van der Waals surface area (Å²) in [6.07, 6.45) is 0. The van der Waals surface area contributed by atoms with Crippen molar-refractivity contribution in [3.8, 4) is 16.3 Å². The van der Waals surface area contributed by atoms with Gasteiger partial charge in [0, 0.05) is 11.5 Å². The van der Waals surface area contributed by atoms with Gasteiger partial charge in [-0.05, 0) is 49.4 Å². The highest BCUT2D eigenvalue weighted by Gasteiger charge is 2.14. The van der Waals surface area contributed by atoms with Crippen molar-refractivity contribution < 1.29 is 13.9 Å². The highest BCUT2D eigenvalue weighted by atomic mass is 32.1. The molecule has 0 aliphatic carbocycles. The minimum Gasteiger partial charge on any atom is -0.423 e. The summed E-state index contributed by atoms with van der Waals surface area (Å²) in [5.74, 6) is -0.156. The summed E-state index contributed by atoms with van der Waals surface area (Å²) in [5, 5.41) is 1.33. The van der Waals surface area contributed by atoms with Gasteiger partial charge in [0.05, 0.1) is 21.3 Å². The number of para-hydroxylation sites is 1. The minimum absolute atomic E-state index is 0.310. The molecule has 0 saturated carbocycles. The molecule has 0 radical (unpaired) electrons. The fourth-order valence-electron chi connectivity index (χ4n) is 3.23. The predicted octanol–water partition coefficient (Wildman–Crippen LogP) is 5.60. The Kier molecular flexibility index (Phi) is 4.41.